The molecule has 1 saturated heterocycles. The molecule has 1 N–H and O–H groups in total. The van der Waals surface area contributed by atoms with Gasteiger partial charge in [0, 0.05) is 12.6 Å². The molecule has 6 nitrogen and oxygen atoms in total. The van der Waals surface area contributed by atoms with E-state index in [0.717, 1.165) is 6.54 Å². The highest BCUT2D eigenvalue weighted by Gasteiger charge is 2.26. The Morgan fingerprint density at radius 3 is 2.81 bits per heavy atom. The van der Waals surface area contributed by atoms with Crippen molar-refractivity contribution < 1.29 is 14.4 Å². The van der Waals surface area contributed by atoms with E-state index < -0.39 is 0 Å². The fourth-order valence-corrected chi connectivity index (χ4v) is 2.78. The highest BCUT2D eigenvalue weighted by molar-refractivity contribution is 5.70. The number of para-hydroxylation sites is 1. The van der Waals surface area contributed by atoms with E-state index in [-0.39, 0.29) is 16.7 Å². The van der Waals surface area contributed by atoms with Crippen LogP contribution in [0.3, 0.4) is 0 Å². The van der Waals surface area contributed by atoms with Crippen molar-refractivity contribution in [2.45, 2.75) is 31.8 Å². The van der Waals surface area contributed by atoms with Gasteiger partial charge in [0.25, 0.3) is 5.69 Å². The molecule has 1 atom stereocenters. The summed E-state index contributed by atoms with van der Waals surface area (Å²) in [5.41, 5.74) is 0.567. The quantitative estimate of drug-likeness (QED) is 0.475. The summed E-state index contributed by atoms with van der Waals surface area (Å²) in [7, 11) is 0. The number of ether oxygens (including phenoxy) is 2. The number of hydrogen-bond donors (Lipinski definition) is 1. The molecule has 3 rings (SSSR count). The van der Waals surface area contributed by atoms with E-state index in [1.807, 2.05) is 0 Å². The van der Waals surface area contributed by atoms with E-state index in [1.54, 1.807) is 12.1 Å². The van der Waals surface area contributed by atoms with Gasteiger partial charge >= 0.3 is 0 Å². The fourth-order valence-electron chi connectivity index (χ4n) is 2.78. The molecule has 2 aliphatic rings. The second kappa shape index (κ2) is 6.30. The van der Waals surface area contributed by atoms with E-state index in [2.05, 4.69) is 5.32 Å². The van der Waals surface area contributed by atoms with Gasteiger partial charge in [-0.05, 0) is 24.8 Å². The lowest BCUT2D eigenvalue weighted by molar-refractivity contribution is -0.384. The Kier molecular flexibility index (Phi) is 4.24. The van der Waals surface area contributed by atoms with Crippen molar-refractivity contribution in [2.24, 2.45) is 5.92 Å². The topological polar surface area (TPSA) is 76.9 Å². The Bertz CT molecular complexity index is 510. The van der Waals surface area contributed by atoms with Crippen LogP contribution in [0.2, 0.25) is 0 Å². The van der Waals surface area contributed by atoms with Crippen molar-refractivity contribution in [1.82, 2.24) is 0 Å². The first-order chi connectivity index (χ1) is 10.2. The van der Waals surface area contributed by atoms with Crippen LogP contribution in [0.5, 0.6) is 5.75 Å². The van der Waals surface area contributed by atoms with Crippen molar-refractivity contribution >= 4 is 11.4 Å². The SMILES string of the molecule is O=[N+]([O-])c1cccc(OCC2CO2)c1NCC1CCCC1. The Labute approximate surface area is 123 Å². The first-order valence-corrected chi connectivity index (χ1v) is 7.49. The monoisotopic (exact) mass is 292 g/mol. The van der Waals surface area contributed by atoms with E-state index in [9.17, 15) is 10.1 Å². The molecular weight excluding hydrogens is 272 g/mol. The lowest BCUT2D eigenvalue weighted by atomic mass is 10.1. The fraction of sp³-hybridized carbons (Fsp3) is 0.600. The number of rotatable bonds is 7. The maximum atomic E-state index is 11.2. The highest BCUT2D eigenvalue weighted by Crippen LogP contribution is 2.36. The van der Waals surface area contributed by atoms with Crippen LogP contribution in [0.4, 0.5) is 11.4 Å². The summed E-state index contributed by atoms with van der Waals surface area (Å²) >= 11 is 0. The van der Waals surface area contributed by atoms with Crippen molar-refractivity contribution in [3.05, 3.63) is 28.3 Å². The molecule has 6 heteroatoms. The minimum Gasteiger partial charge on any atom is -0.488 e. The predicted octanol–water partition coefficient (Wildman–Crippen LogP) is 2.97. The van der Waals surface area contributed by atoms with Crippen LogP contribution in [0.1, 0.15) is 25.7 Å². The lowest BCUT2D eigenvalue weighted by Gasteiger charge is -2.15. The maximum absolute atomic E-state index is 11.2. The molecule has 1 saturated carbocycles. The van der Waals surface area contributed by atoms with Crippen LogP contribution in [-0.2, 0) is 4.74 Å². The van der Waals surface area contributed by atoms with Crippen LogP contribution in [0.15, 0.2) is 18.2 Å². The summed E-state index contributed by atoms with van der Waals surface area (Å²) < 4.78 is 10.8. The van der Waals surface area contributed by atoms with Crippen LogP contribution in [-0.4, -0.2) is 30.8 Å². The highest BCUT2D eigenvalue weighted by atomic mass is 16.6. The molecule has 0 spiro atoms. The third-order valence-electron chi connectivity index (χ3n) is 4.07. The second-order valence-corrected chi connectivity index (χ2v) is 5.71. The normalized spacial score (nSPS) is 21.2. The summed E-state index contributed by atoms with van der Waals surface area (Å²) in [6.07, 6.45) is 5.03. The largest absolute Gasteiger partial charge is 0.488 e. The van der Waals surface area contributed by atoms with E-state index in [4.69, 9.17) is 9.47 Å². The zero-order valence-corrected chi connectivity index (χ0v) is 11.9. The lowest BCUT2D eigenvalue weighted by Crippen LogP contribution is -2.14. The molecular formula is C15H20N2O4. The summed E-state index contributed by atoms with van der Waals surface area (Å²) in [6, 6.07) is 4.94. The number of nitro groups is 1. The minimum absolute atomic E-state index is 0.0715. The molecule has 0 amide bonds. The Balaban J connectivity index is 1.73. The zero-order chi connectivity index (χ0) is 14.7. The summed E-state index contributed by atoms with van der Waals surface area (Å²) in [5.74, 6) is 1.14. The zero-order valence-electron chi connectivity index (χ0n) is 11.9. The van der Waals surface area contributed by atoms with Gasteiger partial charge in [0.15, 0.2) is 5.69 Å². The number of hydrogen-bond acceptors (Lipinski definition) is 5. The van der Waals surface area contributed by atoms with Gasteiger partial charge in [0.05, 0.1) is 11.5 Å². The number of nitro benzene ring substituents is 1. The Morgan fingerprint density at radius 2 is 2.14 bits per heavy atom. The van der Waals surface area contributed by atoms with Crippen molar-refractivity contribution in [1.29, 1.82) is 0 Å². The molecule has 0 aromatic heterocycles. The Morgan fingerprint density at radius 1 is 1.38 bits per heavy atom. The maximum Gasteiger partial charge on any atom is 0.296 e. The van der Waals surface area contributed by atoms with Crippen molar-refractivity contribution in [3.63, 3.8) is 0 Å². The number of epoxide rings is 1. The summed E-state index contributed by atoms with van der Waals surface area (Å²) in [5, 5.41) is 14.4. The van der Waals surface area contributed by atoms with Crippen LogP contribution in [0.25, 0.3) is 0 Å². The van der Waals surface area contributed by atoms with E-state index in [1.165, 1.54) is 31.7 Å². The molecule has 114 valence electrons. The Hall–Kier alpha value is -1.82. The van der Waals surface area contributed by atoms with Gasteiger partial charge in [-0.3, -0.25) is 10.1 Å². The average molecular weight is 292 g/mol. The third-order valence-corrected chi connectivity index (χ3v) is 4.07. The standard InChI is InChI=1S/C15H20N2O4/c18-17(19)13-6-3-7-14(21-10-12-9-20-12)15(13)16-8-11-4-1-2-5-11/h3,6-7,11-12,16H,1-2,4-5,8-10H2. The van der Waals surface area contributed by atoms with Gasteiger partial charge < -0.3 is 14.8 Å². The van der Waals surface area contributed by atoms with Gasteiger partial charge in [-0.2, -0.15) is 0 Å². The first kappa shape index (κ1) is 14.1. The second-order valence-electron chi connectivity index (χ2n) is 5.71. The number of benzene rings is 1. The first-order valence-electron chi connectivity index (χ1n) is 7.49. The van der Waals surface area contributed by atoms with E-state index >= 15 is 0 Å². The molecule has 1 aromatic rings. The van der Waals surface area contributed by atoms with Gasteiger partial charge in [-0.15, -0.1) is 0 Å². The third kappa shape index (κ3) is 3.64. The molecule has 1 aliphatic heterocycles. The molecule has 2 fully saturated rings. The molecule has 1 aliphatic carbocycles. The summed E-state index contributed by atoms with van der Waals surface area (Å²) in [4.78, 5) is 10.8. The molecule has 1 heterocycles. The summed E-state index contributed by atoms with van der Waals surface area (Å²) in [6.45, 7) is 1.92. The molecule has 0 radical (unpaired) electrons. The van der Waals surface area contributed by atoms with Gasteiger partial charge in [0.1, 0.15) is 18.5 Å². The van der Waals surface area contributed by atoms with Gasteiger partial charge in [-0.1, -0.05) is 18.9 Å². The number of nitrogens with zero attached hydrogens (tertiary/aromatic N) is 1. The van der Waals surface area contributed by atoms with Crippen LogP contribution < -0.4 is 10.1 Å². The average Bonchev–Trinajstić information content (AvgIpc) is 3.17. The predicted molar refractivity (Wildman–Crippen MR) is 78.8 cm³/mol. The van der Waals surface area contributed by atoms with Crippen molar-refractivity contribution in [3.8, 4) is 5.75 Å². The molecule has 21 heavy (non-hydrogen) atoms. The smallest absolute Gasteiger partial charge is 0.296 e. The van der Waals surface area contributed by atoms with Gasteiger partial charge in [-0.25, -0.2) is 0 Å². The molecule has 1 unspecified atom stereocenters. The molecule has 1 aromatic carbocycles. The molecule has 0 bridgehead atoms. The number of anilines is 1. The number of nitrogens with one attached hydrogen (secondary N) is 1. The van der Waals surface area contributed by atoms with Crippen molar-refractivity contribution in [2.75, 3.05) is 25.1 Å². The van der Waals surface area contributed by atoms with Crippen LogP contribution in [0, 0.1) is 16.0 Å². The van der Waals surface area contributed by atoms with Gasteiger partial charge in [0.2, 0.25) is 0 Å². The van der Waals surface area contributed by atoms with E-state index in [0.29, 0.717) is 30.6 Å². The van der Waals surface area contributed by atoms with Crippen LogP contribution >= 0.6 is 0 Å². The minimum atomic E-state index is -0.364.